The maximum absolute atomic E-state index is 9.54. The van der Waals surface area contributed by atoms with Crippen molar-refractivity contribution in [3.63, 3.8) is 0 Å². The topological polar surface area (TPSA) is 48.4 Å². The van der Waals surface area contributed by atoms with Gasteiger partial charge < -0.3 is 9.84 Å². The van der Waals surface area contributed by atoms with Crippen molar-refractivity contribution in [2.45, 2.75) is 90.5 Å². The lowest BCUT2D eigenvalue weighted by Gasteiger charge is -2.57. The van der Waals surface area contributed by atoms with E-state index < -0.39 is 0 Å². The highest BCUT2D eigenvalue weighted by Crippen LogP contribution is 2.73. The molecule has 3 saturated carbocycles. The van der Waals surface area contributed by atoms with Gasteiger partial charge in [0, 0.05) is 30.5 Å². The van der Waals surface area contributed by atoms with Gasteiger partial charge in [-0.3, -0.25) is 9.89 Å². The summed E-state index contributed by atoms with van der Waals surface area (Å²) >= 11 is 0. The minimum Gasteiger partial charge on any atom is -0.508 e. The van der Waals surface area contributed by atoms with Gasteiger partial charge in [-0.1, -0.05) is 51.5 Å². The van der Waals surface area contributed by atoms with Crippen LogP contribution in [0.3, 0.4) is 0 Å². The van der Waals surface area contributed by atoms with E-state index in [9.17, 15) is 5.11 Å². The fraction of sp³-hybridized carbons (Fsp3) is 0.686. The number of benzene rings is 1. The van der Waals surface area contributed by atoms with Gasteiger partial charge in [0.15, 0.2) is 5.72 Å². The predicted octanol–water partition coefficient (Wildman–Crippen LogP) is 6.80. The van der Waals surface area contributed by atoms with Crippen LogP contribution in [0.2, 0.25) is 0 Å². The predicted molar refractivity (Wildman–Crippen MR) is 156 cm³/mol. The lowest BCUT2D eigenvalue weighted by molar-refractivity contribution is -0.0502. The third-order valence-corrected chi connectivity index (χ3v) is 13.2. The molecule has 4 aliphatic carbocycles. The molecule has 1 N–H and O–H groups in total. The Balaban J connectivity index is 1.01. The Bertz CT molecular complexity index is 1270. The van der Waals surface area contributed by atoms with Crippen LogP contribution in [0.1, 0.15) is 71.8 Å². The molecule has 11 unspecified atom stereocenters. The largest absolute Gasteiger partial charge is 0.508 e. The van der Waals surface area contributed by atoms with Crippen LogP contribution in [0.5, 0.6) is 5.75 Å². The van der Waals surface area contributed by atoms with Crippen molar-refractivity contribution in [2.75, 3.05) is 13.1 Å². The van der Waals surface area contributed by atoms with E-state index in [2.05, 4.69) is 50.8 Å². The Morgan fingerprint density at radius 1 is 1.08 bits per heavy atom. The van der Waals surface area contributed by atoms with Crippen LogP contribution in [-0.4, -0.2) is 46.7 Å². The van der Waals surface area contributed by atoms with E-state index in [1.54, 1.807) is 17.7 Å². The lowest BCUT2D eigenvalue weighted by atomic mass is 9.47. The number of nitrogens with zero attached hydrogens (tertiary/aromatic N) is 2. The number of piperidine rings is 1. The van der Waals surface area contributed by atoms with Crippen LogP contribution < -0.4 is 0 Å². The van der Waals surface area contributed by atoms with Crippen molar-refractivity contribution >= 4 is 5.71 Å². The maximum atomic E-state index is 9.54. The summed E-state index contributed by atoms with van der Waals surface area (Å²) in [5.41, 5.74) is 4.76. The van der Waals surface area contributed by atoms with Gasteiger partial charge in [0.2, 0.25) is 0 Å². The second kappa shape index (κ2) is 8.32. The molecule has 1 spiro atoms. The molecule has 0 aromatic heterocycles. The van der Waals surface area contributed by atoms with E-state index in [-0.39, 0.29) is 11.1 Å². The molecule has 8 rings (SSSR count). The van der Waals surface area contributed by atoms with E-state index in [0.717, 1.165) is 54.3 Å². The van der Waals surface area contributed by atoms with Gasteiger partial charge in [0.25, 0.3) is 0 Å². The molecule has 4 nitrogen and oxygen atoms in total. The SMILES string of the molecule is CC1CC2OC23C(C)C2C(CC4C5CCC6=CC(=NCCc7ccc(O)cc7)C=CC6(C)C5CCC42C)N3C1. The van der Waals surface area contributed by atoms with E-state index in [4.69, 9.17) is 9.73 Å². The van der Waals surface area contributed by atoms with E-state index in [0.29, 0.717) is 23.2 Å². The summed E-state index contributed by atoms with van der Waals surface area (Å²) < 4.78 is 6.58. The highest BCUT2D eigenvalue weighted by atomic mass is 16.6. The Morgan fingerprint density at radius 2 is 1.90 bits per heavy atom. The molecule has 3 heterocycles. The Kier molecular flexibility index (Phi) is 5.30. The van der Waals surface area contributed by atoms with Crippen LogP contribution in [-0.2, 0) is 11.2 Å². The minimum absolute atomic E-state index is 0.102. The summed E-state index contributed by atoms with van der Waals surface area (Å²) in [6.07, 6.45) is 16.7. The van der Waals surface area contributed by atoms with Gasteiger partial charge in [-0.25, -0.2) is 0 Å². The second-order valence-corrected chi connectivity index (χ2v) is 14.9. The van der Waals surface area contributed by atoms with Crippen LogP contribution in [0.15, 0.2) is 53.1 Å². The molecule has 0 radical (unpaired) electrons. The summed E-state index contributed by atoms with van der Waals surface area (Å²) in [5.74, 6) is 5.04. The Morgan fingerprint density at radius 3 is 2.72 bits per heavy atom. The fourth-order valence-electron chi connectivity index (χ4n) is 11.5. The molecule has 6 fully saturated rings. The zero-order valence-corrected chi connectivity index (χ0v) is 24.3. The van der Waals surface area contributed by atoms with Crippen molar-refractivity contribution in [2.24, 2.45) is 51.3 Å². The molecule has 3 saturated heterocycles. The van der Waals surface area contributed by atoms with Crippen molar-refractivity contribution in [1.29, 1.82) is 0 Å². The first-order chi connectivity index (χ1) is 18.7. The molecule has 7 aliphatic rings. The number of aromatic hydroxyl groups is 1. The quantitative estimate of drug-likeness (QED) is 0.441. The first-order valence-corrected chi connectivity index (χ1v) is 15.9. The molecule has 1 aromatic carbocycles. The van der Waals surface area contributed by atoms with Gasteiger partial charge >= 0.3 is 0 Å². The average Bonchev–Trinajstić information content (AvgIpc) is 3.50. The zero-order chi connectivity index (χ0) is 26.7. The highest BCUT2D eigenvalue weighted by molar-refractivity contribution is 6.05. The van der Waals surface area contributed by atoms with Crippen molar-refractivity contribution < 1.29 is 9.84 Å². The summed E-state index contributed by atoms with van der Waals surface area (Å²) in [6.45, 7) is 12.3. The van der Waals surface area contributed by atoms with Gasteiger partial charge in [0.1, 0.15) is 11.9 Å². The number of allylic oxidation sites excluding steroid dienone is 4. The molecular weight excluding hydrogens is 480 g/mol. The molecule has 39 heavy (non-hydrogen) atoms. The van der Waals surface area contributed by atoms with Gasteiger partial charge in [-0.2, -0.15) is 0 Å². The van der Waals surface area contributed by atoms with Crippen molar-refractivity contribution in [3.8, 4) is 5.75 Å². The van der Waals surface area contributed by atoms with Crippen LogP contribution in [0, 0.1) is 46.3 Å². The van der Waals surface area contributed by atoms with E-state index >= 15 is 0 Å². The van der Waals surface area contributed by atoms with Crippen LogP contribution in [0.4, 0.5) is 0 Å². The Labute approximate surface area is 234 Å². The van der Waals surface area contributed by atoms with E-state index in [1.807, 2.05) is 12.1 Å². The molecule has 1 aromatic rings. The minimum atomic E-state index is 0.102. The summed E-state index contributed by atoms with van der Waals surface area (Å²) in [7, 11) is 0. The van der Waals surface area contributed by atoms with Crippen molar-refractivity contribution in [3.05, 3.63) is 53.6 Å². The highest BCUT2D eigenvalue weighted by Gasteiger charge is 2.78. The van der Waals surface area contributed by atoms with Gasteiger partial charge in [-0.15, -0.1) is 0 Å². The first kappa shape index (κ1) is 24.9. The number of hydrogen-bond donors (Lipinski definition) is 1. The number of phenols is 1. The van der Waals surface area contributed by atoms with E-state index in [1.165, 1.54) is 50.6 Å². The number of fused-ring (bicyclic) bond motifs is 8. The standard InChI is InChI=1S/C35H46N2O2/c1-21-17-31-35(39-31)22(2)32-30(37(35)20-21)19-29-27-10-7-24-18-25(36-16-13-23-5-8-26(38)9-6-23)11-14-33(24,3)28(27)12-15-34(29,32)4/h5-6,8-9,11,14,18,21-22,27-32,38H,7,10,12-13,15-17,19-20H2,1-4H3. The molecule has 0 bridgehead atoms. The summed E-state index contributed by atoms with van der Waals surface area (Å²) in [6, 6.07) is 8.27. The molecule has 4 heteroatoms. The summed E-state index contributed by atoms with van der Waals surface area (Å²) in [4.78, 5) is 7.87. The number of hydrogen-bond acceptors (Lipinski definition) is 4. The van der Waals surface area contributed by atoms with Crippen LogP contribution in [0.25, 0.3) is 0 Å². The lowest BCUT2D eigenvalue weighted by Crippen LogP contribution is -2.51. The maximum Gasteiger partial charge on any atom is 0.151 e. The molecule has 208 valence electrons. The molecule has 11 atom stereocenters. The fourth-order valence-corrected chi connectivity index (χ4v) is 11.5. The third kappa shape index (κ3) is 3.34. The first-order valence-electron chi connectivity index (χ1n) is 15.9. The Hall–Kier alpha value is -1.91. The normalized spacial score (nSPS) is 50.4. The number of phenolic OH excluding ortho intramolecular Hbond substituents is 1. The number of rotatable bonds is 3. The van der Waals surface area contributed by atoms with Gasteiger partial charge in [-0.05, 0) is 110 Å². The molecule has 3 aliphatic heterocycles. The average molecular weight is 527 g/mol. The smallest absolute Gasteiger partial charge is 0.151 e. The van der Waals surface area contributed by atoms with Crippen LogP contribution >= 0.6 is 0 Å². The van der Waals surface area contributed by atoms with Crippen molar-refractivity contribution in [1.82, 2.24) is 4.90 Å². The van der Waals surface area contributed by atoms with Gasteiger partial charge in [0.05, 0.1) is 5.71 Å². The molecule has 0 amide bonds. The number of ether oxygens (including phenoxy) is 1. The second-order valence-electron chi connectivity index (χ2n) is 14.9. The zero-order valence-electron chi connectivity index (χ0n) is 24.3. The number of epoxide rings is 1. The number of aliphatic imine (C=N–C) groups is 1. The summed E-state index contributed by atoms with van der Waals surface area (Å²) in [5, 5.41) is 9.54. The monoisotopic (exact) mass is 526 g/mol. The molecular formula is C35H46N2O2. The third-order valence-electron chi connectivity index (χ3n) is 13.2.